The second kappa shape index (κ2) is 4.34. The van der Waals surface area contributed by atoms with Gasteiger partial charge in [0.2, 0.25) is 0 Å². The molecular formula is C17H20N2O2. The number of hydrogen-bond acceptors (Lipinski definition) is 4. The lowest BCUT2D eigenvalue weighted by atomic mass is 9.69. The van der Waals surface area contributed by atoms with Crippen molar-refractivity contribution in [3.63, 3.8) is 0 Å². The Morgan fingerprint density at radius 1 is 1.43 bits per heavy atom. The lowest BCUT2D eigenvalue weighted by Gasteiger charge is -2.34. The molecule has 2 heterocycles. The first-order valence-electron chi connectivity index (χ1n) is 7.46. The van der Waals surface area contributed by atoms with E-state index in [1.165, 1.54) is 11.1 Å². The van der Waals surface area contributed by atoms with Crippen LogP contribution in [0.2, 0.25) is 0 Å². The predicted octanol–water partition coefficient (Wildman–Crippen LogP) is 2.51. The minimum absolute atomic E-state index is 0.0338. The Balaban J connectivity index is 1.97. The largest absolute Gasteiger partial charge is 0.493 e. The number of rotatable bonds is 1. The van der Waals surface area contributed by atoms with E-state index in [2.05, 4.69) is 24.1 Å². The predicted molar refractivity (Wildman–Crippen MR) is 81.5 cm³/mol. The lowest BCUT2D eigenvalue weighted by Crippen LogP contribution is -2.41. The van der Waals surface area contributed by atoms with E-state index in [4.69, 9.17) is 14.9 Å². The van der Waals surface area contributed by atoms with Crippen molar-refractivity contribution >= 4 is 5.71 Å². The Morgan fingerprint density at radius 3 is 3.10 bits per heavy atom. The molecule has 0 saturated carbocycles. The molecule has 1 aromatic rings. The van der Waals surface area contributed by atoms with Crippen LogP contribution in [0.4, 0.5) is 0 Å². The fourth-order valence-electron chi connectivity index (χ4n) is 3.98. The molecule has 2 unspecified atom stereocenters. The Kier molecular flexibility index (Phi) is 2.67. The Bertz CT molecular complexity index is 652. The molecule has 1 aromatic carbocycles. The van der Waals surface area contributed by atoms with Gasteiger partial charge in [-0.3, -0.25) is 0 Å². The smallest absolute Gasteiger partial charge is 0.166 e. The van der Waals surface area contributed by atoms with Crippen molar-refractivity contribution in [3.8, 4) is 11.5 Å². The topological polar surface area (TPSA) is 45.6 Å². The highest BCUT2D eigenvalue weighted by molar-refractivity contribution is 5.94. The average molecular weight is 284 g/mol. The van der Waals surface area contributed by atoms with Crippen molar-refractivity contribution in [3.05, 3.63) is 35.4 Å². The van der Waals surface area contributed by atoms with Gasteiger partial charge in [0, 0.05) is 24.2 Å². The molecule has 0 fully saturated rings. The van der Waals surface area contributed by atoms with E-state index < -0.39 is 0 Å². The number of nitrogens with one attached hydrogen (secondary N) is 1. The molecule has 4 rings (SSSR count). The van der Waals surface area contributed by atoms with Gasteiger partial charge in [-0.2, -0.15) is 0 Å². The van der Waals surface area contributed by atoms with Gasteiger partial charge < -0.3 is 19.8 Å². The molecule has 0 bridgehead atoms. The maximum atomic E-state index is 7.96. The molecule has 21 heavy (non-hydrogen) atoms. The van der Waals surface area contributed by atoms with Gasteiger partial charge in [-0.05, 0) is 37.7 Å². The van der Waals surface area contributed by atoms with E-state index in [1.54, 1.807) is 7.11 Å². The first-order valence-corrected chi connectivity index (χ1v) is 7.46. The van der Waals surface area contributed by atoms with Crippen molar-refractivity contribution in [1.29, 1.82) is 5.41 Å². The average Bonchev–Trinajstić information content (AvgIpc) is 2.72. The van der Waals surface area contributed by atoms with Crippen molar-refractivity contribution in [2.24, 2.45) is 0 Å². The van der Waals surface area contributed by atoms with Crippen LogP contribution in [0.15, 0.2) is 24.3 Å². The standard InChI is InChI=1S/C17H20N2O2/c1-19-8-7-17-6-5-12(18)9-14(17)21-16-13(20-2)4-3-11(10-19)15(16)17/h3-6,14,18H,7-10H2,1-2H3. The van der Waals surface area contributed by atoms with Crippen LogP contribution in [0.3, 0.4) is 0 Å². The van der Waals surface area contributed by atoms with Crippen molar-refractivity contribution in [1.82, 2.24) is 4.90 Å². The molecule has 4 nitrogen and oxygen atoms in total. The molecule has 3 aliphatic rings. The Labute approximate surface area is 124 Å². The molecule has 0 radical (unpaired) electrons. The molecule has 2 atom stereocenters. The zero-order valence-electron chi connectivity index (χ0n) is 12.5. The fourth-order valence-corrected chi connectivity index (χ4v) is 3.98. The zero-order chi connectivity index (χ0) is 14.6. The minimum atomic E-state index is -0.0888. The third kappa shape index (κ3) is 1.69. The lowest BCUT2D eigenvalue weighted by molar-refractivity contribution is 0.158. The molecule has 4 heteroatoms. The van der Waals surface area contributed by atoms with E-state index >= 15 is 0 Å². The number of allylic oxidation sites excluding steroid dienone is 1. The van der Waals surface area contributed by atoms with Gasteiger partial charge in [0.05, 0.1) is 12.5 Å². The van der Waals surface area contributed by atoms with Gasteiger partial charge in [-0.15, -0.1) is 0 Å². The summed E-state index contributed by atoms with van der Waals surface area (Å²) in [4.78, 5) is 2.36. The third-order valence-electron chi connectivity index (χ3n) is 5.06. The number of hydrogen-bond donors (Lipinski definition) is 1. The van der Waals surface area contributed by atoms with Gasteiger partial charge in [-0.1, -0.05) is 12.1 Å². The summed E-state index contributed by atoms with van der Waals surface area (Å²) in [5, 5.41) is 7.96. The van der Waals surface area contributed by atoms with Crippen LogP contribution >= 0.6 is 0 Å². The minimum Gasteiger partial charge on any atom is -0.493 e. The highest BCUT2D eigenvalue weighted by Crippen LogP contribution is 2.55. The SMILES string of the molecule is COc1ccc2c3c1OC1CC(=N)C=CC31CCN(C)C2. The molecule has 0 saturated heterocycles. The number of nitrogens with zero attached hydrogens (tertiary/aromatic N) is 1. The summed E-state index contributed by atoms with van der Waals surface area (Å²) in [6, 6.07) is 4.17. The third-order valence-corrected chi connectivity index (χ3v) is 5.06. The highest BCUT2D eigenvalue weighted by Gasteiger charge is 2.52. The molecule has 1 aliphatic carbocycles. The van der Waals surface area contributed by atoms with E-state index in [0.717, 1.165) is 31.0 Å². The monoisotopic (exact) mass is 284 g/mol. The van der Waals surface area contributed by atoms with Crippen molar-refractivity contribution < 1.29 is 9.47 Å². The summed E-state index contributed by atoms with van der Waals surface area (Å²) in [7, 11) is 3.86. The summed E-state index contributed by atoms with van der Waals surface area (Å²) in [5.74, 6) is 1.71. The van der Waals surface area contributed by atoms with Gasteiger partial charge in [0.1, 0.15) is 6.10 Å². The van der Waals surface area contributed by atoms with Crippen LogP contribution in [0, 0.1) is 5.41 Å². The molecule has 110 valence electrons. The van der Waals surface area contributed by atoms with E-state index in [0.29, 0.717) is 12.1 Å². The maximum absolute atomic E-state index is 7.96. The number of methoxy groups -OCH3 is 1. The fraction of sp³-hybridized carbons (Fsp3) is 0.471. The van der Waals surface area contributed by atoms with Gasteiger partial charge in [0.25, 0.3) is 0 Å². The van der Waals surface area contributed by atoms with Gasteiger partial charge in [-0.25, -0.2) is 0 Å². The van der Waals surface area contributed by atoms with E-state index in [-0.39, 0.29) is 11.5 Å². The molecule has 1 N–H and O–H groups in total. The molecule has 0 amide bonds. The summed E-state index contributed by atoms with van der Waals surface area (Å²) >= 11 is 0. The summed E-state index contributed by atoms with van der Waals surface area (Å²) in [6.07, 6.45) is 5.91. The normalized spacial score (nSPS) is 30.4. The van der Waals surface area contributed by atoms with Crippen LogP contribution < -0.4 is 9.47 Å². The quantitative estimate of drug-likeness (QED) is 0.862. The van der Waals surface area contributed by atoms with E-state index in [9.17, 15) is 0 Å². The van der Waals surface area contributed by atoms with Gasteiger partial charge >= 0.3 is 0 Å². The zero-order valence-corrected chi connectivity index (χ0v) is 12.5. The van der Waals surface area contributed by atoms with Crippen molar-refractivity contribution in [2.45, 2.75) is 30.9 Å². The first-order chi connectivity index (χ1) is 10.1. The molecular weight excluding hydrogens is 264 g/mol. The second-order valence-electron chi connectivity index (χ2n) is 6.33. The summed E-state index contributed by atoms with van der Waals surface area (Å²) in [5.41, 5.74) is 3.18. The number of benzene rings is 1. The summed E-state index contributed by atoms with van der Waals surface area (Å²) < 4.78 is 11.8. The maximum Gasteiger partial charge on any atom is 0.166 e. The van der Waals surface area contributed by atoms with Crippen LogP contribution in [0.1, 0.15) is 24.0 Å². The van der Waals surface area contributed by atoms with Crippen molar-refractivity contribution in [2.75, 3.05) is 20.7 Å². The van der Waals surface area contributed by atoms with Crippen LogP contribution in [-0.4, -0.2) is 37.4 Å². The Morgan fingerprint density at radius 2 is 2.29 bits per heavy atom. The van der Waals surface area contributed by atoms with E-state index in [1.807, 2.05) is 12.1 Å². The second-order valence-corrected chi connectivity index (χ2v) is 6.33. The first kappa shape index (κ1) is 12.9. The molecule has 1 spiro atoms. The summed E-state index contributed by atoms with van der Waals surface area (Å²) in [6.45, 7) is 1.98. The molecule has 2 aliphatic heterocycles. The van der Waals surface area contributed by atoms with Crippen LogP contribution in [0.25, 0.3) is 0 Å². The Hall–Kier alpha value is -1.81. The highest BCUT2D eigenvalue weighted by atomic mass is 16.5. The van der Waals surface area contributed by atoms with Crippen LogP contribution in [-0.2, 0) is 12.0 Å². The molecule has 0 aromatic heterocycles. The van der Waals surface area contributed by atoms with Crippen LogP contribution in [0.5, 0.6) is 11.5 Å². The van der Waals surface area contributed by atoms with Gasteiger partial charge in [0.15, 0.2) is 11.5 Å². The number of ether oxygens (including phenoxy) is 2.